The van der Waals surface area contributed by atoms with Crippen molar-refractivity contribution in [3.8, 4) is 5.75 Å². The maximum atomic E-state index is 11.6. The van der Waals surface area contributed by atoms with Crippen molar-refractivity contribution in [1.82, 2.24) is 0 Å². The average Bonchev–Trinajstić information content (AvgIpc) is 3.32. The van der Waals surface area contributed by atoms with Gasteiger partial charge >= 0.3 is 0 Å². The highest BCUT2D eigenvalue weighted by atomic mass is 28.4. The van der Waals surface area contributed by atoms with E-state index in [1.165, 1.54) is 10.4 Å². The zero-order valence-corrected chi connectivity index (χ0v) is 24.0. The van der Waals surface area contributed by atoms with Crippen molar-refractivity contribution in [2.24, 2.45) is 11.8 Å². The molecule has 3 aromatic carbocycles. The Morgan fingerprint density at radius 3 is 1.97 bits per heavy atom. The predicted octanol–water partition coefficient (Wildman–Crippen LogP) is 5.94. The van der Waals surface area contributed by atoms with Crippen LogP contribution in [0.2, 0.25) is 5.04 Å². The highest BCUT2D eigenvalue weighted by molar-refractivity contribution is 6.99. The van der Waals surface area contributed by atoms with Crippen LogP contribution in [0, 0.1) is 11.8 Å². The Morgan fingerprint density at radius 2 is 1.45 bits per heavy atom. The lowest BCUT2D eigenvalue weighted by Gasteiger charge is -2.43. The number of aldehydes is 1. The van der Waals surface area contributed by atoms with Gasteiger partial charge in [-0.2, -0.15) is 0 Å². The third-order valence-corrected chi connectivity index (χ3v) is 12.7. The molecule has 5 heteroatoms. The van der Waals surface area contributed by atoms with E-state index in [-0.39, 0.29) is 23.0 Å². The van der Waals surface area contributed by atoms with Crippen LogP contribution >= 0.6 is 0 Å². The molecular weight excluding hydrogens is 488 g/mol. The van der Waals surface area contributed by atoms with E-state index in [4.69, 9.17) is 13.9 Å². The van der Waals surface area contributed by atoms with Gasteiger partial charge in [0.2, 0.25) is 0 Å². The Morgan fingerprint density at radius 1 is 0.842 bits per heavy atom. The topological polar surface area (TPSA) is 44.8 Å². The maximum Gasteiger partial charge on any atom is 0.261 e. The van der Waals surface area contributed by atoms with Gasteiger partial charge in [0, 0.05) is 18.9 Å². The lowest BCUT2D eigenvalue weighted by Crippen LogP contribution is -2.66. The van der Waals surface area contributed by atoms with E-state index in [0.717, 1.165) is 24.0 Å². The fourth-order valence-electron chi connectivity index (χ4n) is 5.71. The maximum absolute atomic E-state index is 11.6. The van der Waals surface area contributed by atoms with E-state index < -0.39 is 8.32 Å². The summed E-state index contributed by atoms with van der Waals surface area (Å²) >= 11 is 0. The molecule has 0 N–H and O–H groups in total. The van der Waals surface area contributed by atoms with Crippen LogP contribution in [0.1, 0.15) is 39.2 Å². The molecule has 0 amide bonds. The minimum absolute atomic E-state index is 0.0621. The molecule has 3 aromatic rings. The van der Waals surface area contributed by atoms with Crippen LogP contribution < -0.4 is 15.1 Å². The number of carbonyl (C=O) groups excluding carboxylic acids is 1. The summed E-state index contributed by atoms with van der Waals surface area (Å²) in [5.74, 6) is 1.18. The number of hydrogen-bond acceptors (Lipinski definition) is 4. The summed E-state index contributed by atoms with van der Waals surface area (Å²) in [4.78, 5) is 11.6. The molecule has 0 unspecified atom stereocenters. The lowest BCUT2D eigenvalue weighted by molar-refractivity contribution is -0.110. The van der Waals surface area contributed by atoms with Gasteiger partial charge in [0.25, 0.3) is 8.32 Å². The van der Waals surface area contributed by atoms with Crippen molar-refractivity contribution < 1.29 is 18.7 Å². The highest BCUT2D eigenvalue weighted by Crippen LogP contribution is 2.38. The first-order valence-electron chi connectivity index (χ1n) is 13.5. The molecule has 0 saturated heterocycles. The molecule has 1 aliphatic carbocycles. The molecule has 0 spiro atoms. The van der Waals surface area contributed by atoms with E-state index in [1.54, 1.807) is 7.11 Å². The molecule has 200 valence electrons. The quantitative estimate of drug-likeness (QED) is 0.166. The monoisotopic (exact) mass is 528 g/mol. The third kappa shape index (κ3) is 6.17. The van der Waals surface area contributed by atoms with E-state index in [1.807, 2.05) is 24.3 Å². The van der Waals surface area contributed by atoms with E-state index in [9.17, 15) is 4.79 Å². The Bertz CT molecular complexity index is 1130. The Balaban J connectivity index is 1.47. The zero-order valence-electron chi connectivity index (χ0n) is 23.0. The van der Waals surface area contributed by atoms with Crippen LogP contribution in [0.3, 0.4) is 0 Å². The first-order valence-corrected chi connectivity index (χ1v) is 15.4. The predicted molar refractivity (Wildman–Crippen MR) is 157 cm³/mol. The van der Waals surface area contributed by atoms with Gasteiger partial charge in [-0.05, 0) is 45.4 Å². The molecule has 0 fully saturated rings. The summed E-state index contributed by atoms with van der Waals surface area (Å²) in [6.07, 6.45) is 6.62. The summed E-state index contributed by atoms with van der Waals surface area (Å²) < 4.78 is 18.6. The molecule has 4 nitrogen and oxygen atoms in total. The highest BCUT2D eigenvalue weighted by Gasteiger charge is 2.50. The second kappa shape index (κ2) is 12.7. The van der Waals surface area contributed by atoms with Gasteiger partial charge in [0.15, 0.2) is 0 Å². The molecule has 38 heavy (non-hydrogen) atoms. The van der Waals surface area contributed by atoms with Crippen molar-refractivity contribution in [2.75, 3.05) is 13.7 Å². The fourth-order valence-corrected chi connectivity index (χ4v) is 10.3. The number of hydrogen-bond donors (Lipinski definition) is 0. The van der Waals surface area contributed by atoms with Crippen LogP contribution in [-0.2, 0) is 20.6 Å². The average molecular weight is 529 g/mol. The molecule has 3 atom stereocenters. The second-order valence-electron chi connectivity index (χ2n) is 11.0. The zero-order chi connectivity index (χ0) is 27.0. The summed E-state index contributed by atoms with van der Waals surface area (Å²) in [5, 5.41) is 2.50. The number of ether oxygens (including phenoxy) is 2. The number of rotatable bonds is 12. The van der Waals surface area contributed by atoms with Crippen molar-refractivity contribution in [3.63, 3.8) is 0 Å². The molecule has 0 heterocycles. The van der Waals surface area contributed by atoms with Crippen LogP contribution in [0.5, 0.6) is 5.75 Å². The van der Waals surface area contributed by atoms with E-state index >= 15 is 0 Å². The number of allylic oxidation sites excluding steroid dienone is 1. The second-order valence-corrected chi connectivity index (χ2v) is 15.3. The third-order valence-electron chi connectivity index (χ3n) is 7.68. The first-order chi connectivity index (χ1) is 18.4. The summed E-state index contributed by atoms with van der Waals surface area (Å²) in [5.41, 5.74) is 1.09. The van der Waals surface area contributed by atoms with Gasteiger partial charge in [-0.15, -0.1) is 0 Å². The number of methoxy groups -OCH3 is 1. The SMILES string of the molecule is COc1ccc(CO[C@@H]2C=C[C@H](CCO[Si](c3ccccc3)(c3ccccc3)C(C)(C)C)[C@H]2CC=O)cc1. The van der Waals surface area contributed by atoms with Crippen molar-refractivity contribution in [3.05, 3.63) is 103 Å². The van der Waals surface area contributed by atoms with E-state index in [0.29, 0.717) is 19.6 Å². The van der Waals surface area contributed by atoms with Crippen molar-refractivity contribution >= 4 is 25.0 Å². The van der Waals surface area contributed by atoms with Crippen molar-refractivity contribution in [2.45, 2.75) is 51.4 Å². The summed E-state index contributed by atoms with van der Waals surface area (Å²) in [7, 11) is -0.918. The number of carbonyl (C=O) groups is 1. The van der Waals surface area contributed by atoms with Gasteiger partial charge in [0.05, 0.1) is 19.8 Å². The minimum Gasteiger partial charge on any atom is -0.497 e. The molecule has 0 radical (unpaired) electrons. The summed E-state index contributed by atoms with van der Waals surface area (Å²) in [6, 6.07) is 29.4. The smallest absolute Gasteiger partial charge is 0.261 e. The van der Waals surface area contributed by atoms with Crippen LogP contribution in [-0.4, -0.2) is 34.4 Å². The van der Waals surface area contributed by atoms with Gasteiger partial charge < -0.3 is 18.7 Å². The molecule has 0 aliphatic heterocycles. The number of benzene rings is 3. The Labute approximate surface area is 228 Å². The van der Waals surface area contributed by atoms with E-state index in [2.05, 4.69) is 93.6 Å². The lowest BCUT2D eigenvalue weighted by atomic mass is 9.89. The standard InChI is InChI=1S/C33H40O4Si/c1-33(2,3)38(29-11-7-5-8-12-29,30-13-9-6-10-14-30)37-24-22-27-17-20-32(31(27)21-23-34)36-25-26-15-18-28(35-4)19-16-26/h5-20,23,27,31-32H,21-22,24-25H2,1-4H3/t27-,31-,32-/m1/s1. The molecule has 1 aliphatic rings. The molecule has 0 aromatic heterocycles. The van der Waals surface area contributed by atoms with Crippen LogP contribution in [0.25, 0.3) is 0 Å². The minimum atomic E-state index is -2.58. The first kappa shape index (κ1) is 28.0. The normalized spacial score (nSPS) is 19.4. The van der Waals surface area contributed by atoms with Crippen molar-refractivity contribution in [1.29, 1.82) is 0 Å². The largest absolute Gasteiger partial charge is 0.497 e. The Kier molecular flexibility index (Phi) is 9.37. The van der Waals surface area contributed by atoms with Gasteiger partial charge in [-0.1, -0.05) is 106 Å². The Hall–Kier alpha value is -2.99. The van der Waals surface area contributed by atoms with Gasteiger partial charge in [-0.25, -0.2) is 0 Å². The van der Waals surface area contributed by atoms with Crippen LogP contribution in [0.4, 0.5) is 0 Å². The molecular formula is C33H40O4Si. The molecule has 0 bridgehead atoms. The summed E-state index contributed by atoms with van der Waals surface area (Å²) in [6.45, 7) is 8.02. The molecule has 4 rings (SSSR count). The van der Waals surface area contributed by atoms with Gasteiger partial charge in [0.1, 0.15) is 12.0 Å². The fraction of sp³-hybridized carbons (Fsp3) is 0.364. The van der Waals surface area contributed by atoms with Crippen LogP contribution in [0.15, 0.2) is 97.1 Å². The molecule has 0 saturated carbocycles. The van der Waals surface area contributed by atoms with Gasteiger partial charge in [-0.3, -0.25) is 0 Å².